The van der Waals surface area contributed by atoms with Crippen molar-refractivity contribution in [1.82, 2.24) is 24.4 Å². The van der Waals surface area contributed by atoms with Crippen molar-refractivity contribution < 1.29 is 15.0 Å². The number of aromatic nitrogens is 5. The molecule has 0 aliphatic heterocycles. The van der Waals surface area contributed by atoms with Gasteiger partial charge < -0.3 is 15.5 Å². The molecule has 0 bridgehead atoms. The first-order chi connectivity index (χ1) is 15.8. The average Bonchev–Trinajstić information content (AvgIpc) is 3.42. The zero-order valence-electron chi connectivity index (χ0n) is 18.8. The molecule has 1 aliphatic carbocycles. The number of aliphatic hydroxyl groups excluding tert-OH is 1. The fourth-order valence-electron chi connectivity index (χ4n) is 4.66. The molecule has 1 aliphatic rings. The third kappa shape index (κ3) is 4.09. The van der Waals surface area contributed by atoms with Crippen molar-refractivity contribution in [2.24, 2.45) is 5.92 Å². The lowest BCUT2D eigenvalue weighted by Crippen LogP contribution is -2.21. The molecular formula is C24H28N6O3. The van der Waals surface area contributed by atoms with Gasteiger partial charge in [0.1, 0.15) is 5.56 Å². The summed E-state index contributed by atoms with van der Waals surface area (Å²) in [6.45, 7) is 3.62. The SMILES string of the molecule is CC(C)(O)c1cc2nn(C3CCC(CO)CC3)cc2cc1NC(=O)c1cnn2cccnc12. The highest BCUT2D eigenvalue weighted by atomic mass is 16.3. The first-order valence-corrected chi connectivity index (χ1v) is 11.3. The lowest BCUT2D eigenvalue weighted by atomic mass is 9.87. The molecular weight excluding hydrogens is 420 g/mol. The molecule has 1 amide bonds. The van der Waals surface area contributed by atoms with E-state index in [0.29, 0.717) is 28.4 Å². The van der Waals surface area contributed by atoms with Crippen LogP contribution in [-0.2, 0) is 5.60 Å². The Kier molecular flexibility index (Phi) is 5.38. The molecule has 9 nitrogen and oxygen atoms in total. The number of benzene rings is 1. The summed E-state index contributed by atoms with van der Waals surface area (Å²) in [7, 11) is 0. The number of rotatable bonds is 5. The van der Waals surface area contributed by atoms with Gasteiger partial charge in [0.2, 0.25) is 0 Å². The predicted octanol–water partition coefficient (Wildman–Crippen LogP) is 3.28. The van der Waals surface area contributed by atoms with Crippen LogP contribution in [0.25, 0.3) is 16.6 Å². The molecule has 3 aromatic heterocycles. The fraction of sp³-hybridized carbons (Fsp3) is 0.417. The van der Waals surface area contributed by atoms with Gasteiger partial charge in [0.15, 0.2) is 5.65 Å². The standard InChI is InChI=1S/C24H28N6O3/c1-24(2,33)19-11-20-16(13-30(28-20)17-6-4-15(14-31)5-7-17)10-21(19)27-23(32)18-12-26-29-9-3-8-25-22(18)29/h3,8-13,15,17,31,33H,4-7,14H2,1-2H3,(H,27,32). The first-order valence-electron chi connectivity index (χ1n) is 11.3. The van der Waals surface area contributed by atoms with Gasteiger partial charge >= 0.3 is 0 Å². The van der Waals surface area contributed by atoms with Crippen molar-refractivity contribution in [3.05, 3.63) is 54.1 Å². The van der Waals surface area contributed by atoms with E-state index in [1.165, 1.54) is 6.20 Å². The molecule has 0 saturated heterocycles. The maximum atomic E-state index is 13.1. The summed E-state index contributed by atoms with van der Waals surface area (Å²) in [4.78, 5) is 17.3. The smallest absolute Gasteiger partial charge is 0.261 e. The zero-order chi connectivity index (χ0) is 23.2. The number of aliphatic hydroxyl groups is 2. The summed E-state index contributed by atoms with van der Waals surface area (Å²) in [6, 6.07) is 5.74. The van der Waals surface area contributed by atoms with E-state index in [1.807, 2.05) is 23.0 Å². The van der Waals surface area contributed by atoms with Crippen molar-refractivity contribution in [3.8, 4) is 0 Å². The number of amides is 1. The summed E-state index contributed by atoms with van der Waals surface area (Å²) in [6.07, 6.45) is 10.8. The number of hydrogen-bond donors (Lipinski definition) is 3. The summed E-state index contributed by atoms with van der Waals surface area (Å²) >= 11 is 0. The minimum absolute atomic E-state index is 0.244. The van der Waals surface area contributed by atoms with Crippen LogP contribution < -0.4 is 5.32 Å². The normalized spacial score (nSPS) is 19.3. The van der Waals surface area contributed by atoms with Crippen LogP contribution in [-0.4, -0.2) is 47.1 Å². The lowest BCUT2D eigenvalue weighted by molar-refractivity contribution is 0.0794. The maximum Gasteiger partial charge on any atom is 0.261 e. The Bertz CT molecular complexity index is 1310. The second-order valence-corrected chi connectivity index (χ2v) is 9.38. The largest absolute Gasteiger partial charge is 0.396 e. The summed E-state index contributed by atoms with van der Waals surface area (Å²) in [5, 5.41) is 33.0. The summed E-state index contributed by atoms with van der Waals surface area (Å²) in [5.74, 6) is 0.0347. The van der Waals surface area contributed by atoms with Gasteiger partial charge in [-0.3, -0.25) is 9.48 Å². The number of carbonyl (C=O) groups is 1. The van der Waals surface area contributed by atoms with E-state index in [-0.39, 0.29) is 18.6 Å². The van der Waals surface area contributed by atoms with Crippen LogP contribution in [0.5, 0.6) is 0 Å². The Balaban J connectivity index is 1.48. The Hall–Kier alpha value is -3.30. The van der Waals surface area contributed by atoms with Crippen LogP contribution in [0.4, 0.5) is 5.69 Å². The summed E-state index contributed by atoms with van der Waals surface area (Å²) < 4.78 is 3.54. The minimum Gasteiger partial charge on any atom is -0.396 e. The molecule has 0 radical (unpaired) electrons. The molecule has 4 aromatic rings. The lowest BCUT2D eigenvalue weighted by Gasteiger charge is -2.27. The van der Waals surface area contributed by atoms with E-state index in [0.717, 1.165) is 36.6 Å². The van der Waals surface area contributed by atoms with E-state index < -0.39 is 5.60 Å². The van der Waals surface area contributed by atoms with Gasteiger partial charge in [-0.05, 0) is 63.6 Å². The van der Waals surface area contributed by atoms with Crippen molar-refractivity contribution in [2.75, 3.05) is 11.9 Å². The second-order valence-electron chi connectivity index (χ2n) is 9.38. The molecule has 3 N–H and O–H groups in total. The van der Waals surface area contributed by atoms with Crippen molar-refractivity contribution in [3.63, 3.8) is 0 Å². The average molecular weight is 449 g/mol. The van der Waals surface area contributed by atoms with Gasteiger partial charge in [-0.25, -0.2) is 9.50 Å². The van der Waals surface area contributed by atoms with Gasteiger partial charge in [0.05, 0.1) is 23.4 Å². The highest BCUT2D eigenvalue weighted by Gasteiger charge is 2.26. The van der Waals surface area contributed by atoms with Crippen LogP contribution in [0, 0.1) is 5.92 Å². The van der Waals surface area contributed by atoms with E-state index >= 15 is 0 Å². The van der Waals surface area contributed by atoms with Gasteiger partial charge in [0, 0.05) is 41.8 Å². The molecule has 172 valence electrons. The Labute approximate surface area is 191 Å². The van der Waals surface area contributed by atoms with E-state index in [9.17, 15) is 15.0 Å². The van der Waals surface area contributed by atoms with E-state index in [2.05, 4.69) is 15.4 Å². The first kappa shape index (κ1) is 21.5. The fourth-order valence-corrected chi connectivity index (χ4v) is 4.66. The molecule has 0 unspecified atom stereocenters. The minimum atomic E-state index is -1.18. The molecule has 1 fully saturated rings. The van der Waals surface area contributed by atoms with E-state index in [1.54, 1.807) is 36.8 Å². The number of hydrogen-bond acceptors (Lipinski definition) is 6. The van der Waals surface area contributed by atoms with Gasteiger partial charge in [-0.15, -0.1) is 0 Å². The number of nitrogens with zero attached hydrogens (tertiary/aromatic N) is 5. The van der Waals surface area contributed by atoms with Crippen molar-refractivity contribution >= 4 is 28.1 Å². The van der Waals surface area contributed by atoms with Crippen LogP contribution in [0.15, 0.2) is 43.0 Å². The topological polar surface area (TPSA) is 118 Å². The van der Waals surface area contributed by atoms with Gasteiger partial charge in [-0.2, -0.15) is 10.2 Å². The molecule has 33 heavy (non-hydrogen) atoms. The predicted molar refractivity (Wildman–Crippen MR) is 124 cm³/mol. The van der Waals surface area contributed by atoms with Crippen LogP contribution in [0.2, 0.25) is 0 Å². The van der Waals surface area contributed by atoms with Crippen LogP contribution in [0.3, 0.4) is 0 Å². The molecule has 3 heterocycles. The number of fused-ring (bicyclic) bond motifs is 2. The summed E-state index contributed by atoms with van der Waals surface area (Å²) in [5.41, 5.74) is 1.52. The number of anilines is 1. The third-order valence-electron chi connectivity index (χ3n) is 6.54. The Morgan fingerprint density at radius 3 is 2.76 bits per heavy atom. The third-order valence-corrected chi connectivity index (χ3v) is 6.54. The molecule has 0 spiro atoms. The maximum absolute atomic E-state index is 13.1. The van der Waals surface area contributed by atoms with Crippen molar-refractivity contribution in [2.45, 2.75) is 51.2 Å². The van der Waals surface area contributed by atoms with Gasteiger partial charge in [0.25, 0.3) is 5.91 Å². The molecule has 1 saturated carbocycles. The molecule has 0 atom stereocenters. The highest BCUT2D eigenvalue weighted by Crippen LogP contribution is 2.35. The van der Waals surface area contributed by atoms with Crippen LogP contribution >= 0.6 is 0 Å². The number of carbonyl (C=O) groups excluding carboxylic acids is 1. The monoisotopic (exact) mass is 448 g/mol. The molecule has 9 heteroatoms. The number of nitrogens with one attached hydrogen (secondary N) is 1. The molecule has 5 rings (SSSR count). The molecule has 1 aromatic carbocycles. The van der Waals surface area contributed by atoms with Gasteiger partial charge in [-0.1, -0.05) is 0 Å². The quantitative estimate of drug-likeness (QED) is 0.431. The van der Waals surface area contributed by atoms with E-state index in [4.69, 9.17) is 5.10 Å². The zero-order valence-corrected chi connectivity index (χ0v) is 18.8. The van der Waals surface area contributed by atoms with Crippen molar-refractivity contribution in [1.29, 1.82) is 0 Å². The Morgan fingerprint density at radius 2 is 2.03 bits per heavy atom. The highest BCUT2D eigenvalue weighted by molar-refractivity contribution is 6.09. The second kappa shape index (κ2) is 8.24. The Morgan fingerprint density at radius 1 is 1.24 bits per heavy atom. The van der Waals surface area contributed by atoms with Crippen LogP contribution in [0.1, 0.15) is 61.5 Å².